The zero-order chi connectivity index (χ0) is 14.8. The van der Waals surface area contributed by atoms with Crippen LogP contribution >= 0.6 is 0 Å². The first-order valence-corrected chi connectivity index (χ1v) is 7.44. The van der Waals surface area contributed by atoms with Crippen LogP contribution in [0.5, 0.6) is 0 Å². The number of benzene rings is 2. The lowest BCUT2D eigenvalue weighted by Crippen LogP contribution is -2.07. The summed E-state index contributed by atoms with van der Waals surface area (Å²) in [6.07, 6.45) is 0. The average Bonchev–Trinajstić information content (AvgIpc) is 2.47. The van der Waals surface area contributed by atoms with E-state index in [4.69, 9.17) is 0 Å². The van der Waals surface area contributed by atoms with Crippen LogP contribution in [0.1, 0.15) is 15.9 Å². The first-order valence-electron chi connectivity index (χ1n) is 5.96. The van der Waals surface area contributed by atoms with Gasteiger partial charge in [0.25, 0.3) is 0 Å². The van der Waals surface area contributed by atoms with Gasteiger partial charge in [-0.2, -0.15) is 0 Å². The molecule has 0 bridgehead atoms. The lowest BCUT2D eigenvalue weighted by molar-refractivity contribution is 0.0600. The Balaban J connectivity index is 2.52. The lowest BCUT2D eigenvalue weighted by atomic mass is 10.1. The molecule has 0 spiro atoms. The van der Waals surface area contributed by atoms with Gasteiger partial charge in [0, 0.05) is 0 Å². The van der Waals surface area contributed by atoms with Crippen molar-refractivity contribution in [1.29, 1.82) is 0 Å². The molecule has 0 N–H and O–H groups in total. The topological polar surface area (TPSA) is 60.4 Å². The number of hydrogen-bond donors (Lipinski definition) is 0. The van der Waals surface area contributed by atoms with Crippen molar-refractivity contribution in [2.45, 2.75) is 16.7 Å². The van der Waals surface area contributed by atoms with Gasteiger partial charge in [0.05, 0.1) is 22.5 Å². The Hall–Kier alpha value is -2.14. The van der Waals surface area contributed by atoms with E-state index >= 15 is 0 Å². The van der Waals surface area contributed by atoms with Crippen LogP contribution < -0.4 is 0 Å². The lowest BCUT2D eigenvalue weighted by Gasteiger charge is -2.09. The molecule has 2 rings (SSSR count). The summed E-state index contributed by atoms with van der Waals surface area (Å²) in [6.45, 7) is 1.66. The molecule has 104 valence electrons. The number of ether oxygens (including phenoxy) is 1. The highest BCUT2D eigenvalue weighted by molar-refractivity contribution is 7.91. The van der Waals surface area contributed by atoms with Crippen molar-refractivity contribution in [3.05, 3.63) is 59.7 Å². The number of rotatable bonds is 3. The highest BCUT2D eigenvalue weighted by atomic mass is 32.2. The van der Waals surface area contributed by atoms with Gasteiger partial charge in [-0.3, -0.25) is 0 Å². The quantitative estimate of drug-likeness (QED) is 0.815. The first kappa shape index (κ1) is 14.3. The van der Waals surface area contributed by atoms with Crippen LogP contribution in [-0.2, 0) is 14.6 Å². The van der Waals surface area contributed by atoms with Crippen molar-refractivity contribution < 1.29 is 17.9 Å². The van der Waals surface area contributed by atoms with Crippen LogP contribution in [0.15, 0.2) is 58.3 Å². The minimum Gasteiger partial charge on any atom is -0.465 e. The van der Waals surface area contributed by atoms with Crippen molar-refractivity contribution in [2.75, 3.05) is 7.11 Å². The summed E-state index contributed by atoms with van der Waals surface area (Å²) in [6, 6.07) is 12.6. The molecule has 0 aromatic heterocycles. The summed E-state index contributed by atoms with van der Waals surface area (Å²) in [7, 11) is -2.29. The summed E-state index contributed by atoms with van der Waals surface area (Å²) in [5, 5.41) is 0. The minimum absolute atomic E-state index is 0.191. The predicted octanol–water partition coefficient (Wildman–Crippen LogP) is 2.61. The van der Waals surface area contributed by atoms with E-state index in [2.05, 4.69) is 4.74 Å². The summed E-state index contributed by atoms with van der Waals surface area (Å²) in [5.41, 5.74) is 0.841. The molecular formula is C15H14O4S. The fourth-order valence-electron chi connectivity index (χ4n) is 1.92. The number of sulfone groups is 1. The van der Waals surface area contributed by atoms with Gasteiger partial charge in [-0.25, -0.2) is 13.2 Å². The number of methoxy groups -OCH3 is 1. The summed E-state index contributed by atoms with van der Waals surface area (Å²) < 4.78 is 29.6. The molecule has 0 heterocycles. The maximum atomic E-state index is 12.5. The second-order valence-electron chi connectivity index (χ2n) is 4.29. The van der Waals surface area contributed by atoms with Crippen molar-refractivity contribution in [3.8, 4) is 0 Å². The molecule has 2 aromatic rings. The van der Waals surface area contributed by atoms with Crippen molar-refractivity contribution in [1.82, 2.24) is 0 Å². The zero-order valence-electron chi connectivity index (χ0n) is 11.2. The van der Waals surface area contributed by atoms with Gasteiger partial charge in [0.1, 0.15) is 0 Å². The number of aryl methyl sites for hydroxylation is 1. The van der Waals surface area contributed by atoms with Crippen LogP contribution in [0.2, 0.25) is 0 Å². The Kier molecular flexibility index (Phi) is 3.90. The second-order valence-corrected chi connectivity index (χ2v) is 6.21. The highest BCUT2D eigenvalue weighted by Crippen LogP contribution is 2.24. The molecule has 0 radical (unpaired) electrons. The summed E-state index contributed by atoms with van der Waals surface area (Å²) in [5.74, 6) is -0.489. The third kappa shape index (κ3) is 2.58. The highest BCUT2D eigenvalue weighted by Gasteiger charge is 2.20. The van der Waals surface area contributed by atoms with Crippen LogP contribution in [-0.4, -0.2) is 21.5 Å². The molecule has 0 saturated carbocycles. The summed E-state index contributed by atoms with van der Waals surface area (Å²) >= 11 is 0. The Morgan fingerprint density at radius 3 is 2.25 bits per heavy atom. The van der Waals surface area contributed by atoms with E-state index in [0.717, 1.165) is 0 Å². The molecule has 0 aliphatic heterocycles. The molecule has 2 aromatic carbocycles. The smallest absolute Gasteiger partial charge is 0.337 e. The van der Waals surface area contributed by atoms with Crippen LogP contribution in [0, 0.1) is 6.92 Å². The van der Waals surface area contributed by atoms with Gasteiger partial charge in [0.15, 0.2) is 0 Å². The Morgan fingerprint density at radius 2 is 1.70 bits per heavy atom. The minimum atomic E-state index is -3.57. The SMILES string of the molecule is COC(=O)c1ccc(S(=O)(=O)c2ccccc2)c(C)c1. The number of hydrogen-bond acceptors (Lipinski definition) is 4. The van der Waals surface area contributed by atoms with Gasteiger partial charge < -0.3 is 4.74 Å². The van der Waals surface area contributed by atoms with Gasteiger partial charge in [-0.15, -0.1) is 0 Å². The Bertz CT molecular complexity index is 734. The molecule has 20 heavy (non-hydrogen) atoms. The first-order chi connectivity index (χ1) is 9.46. The maximum Gasteiger partial charge on any atom is 0.337 e. The van der Waals surface area contributed by atoms with E-state index in [-0.39, 0.29) is 9.79 Å². The standard InChI is InChI=1S/C15H14O4S/c1-11-10-12(15(16)19-2)8-9-14(11)20(17,18)13-6-4-3-5-7-13/h3-10H,1-2H3. The van der Waals surface area contributed by atoms with E-state index in [1.54, 1.807) is 37.3 Å². The molecule has 0 fully saturated rings. The Morgan fingerprint density at radius 1 is 1.05 bits per heavy atom. The fourth-order valence-corrected chi connectivity index (χ4v) is 3.42. The largest absolute Gasteiger partial charge is 0.465 e. The average molecular weight is 290 g/mol. The number of carbonyl (C=O) groups is 1. The van der Waals surface area contributed by atoms with Gasteiger partial charge in [-0.05, 0) is 42.8 Å². The predicted molar refractivity (Wildman–Crippen MR) is 74.4 cm³/mol. The van der Waals surface area contributed by atoms with E-state index in [0.29, 0.717) is 11.1 Å². The van der Waals surface area contributed by atoms with Crippen molar-refractivity contribution in [3.63, 3.8) is 0 Å². The molecular weight excluding hydrogens is 276 g/mol. The van der Waals surface area contributed by atoms with Gasteiger partial charge >= 0.3 is 5.97 Å². The molecule has 0 aliphatic rings. The molecule has 0 aliphatic carbocycles. The molecule has 4 nitrogen and oxygen atoms in total. The third-order valence-electron chi connectivity index (χ3n) is 2.94. The van der Waals surface area contributed by atoms with Crippen molar-refractivity contribution >= 4 is 15.8 Å². The third-order valence-corrected chi connectivity index (χ3v) is 4.87. The van der Waals surface area contributed by atoms with Crippen LogP contribution in [0.3, 0.4) is 0 Å². The van der Waals surface area contributed by atoms with E-state index in [1.807, 2.05) is 0 Å². The summed E-state index contributed by atoms with van der Waals surface area (Å²) in [4.78, 5) is 11.8. The fraction of sp³-hybridized carbons (Fsp3) is 0.133. The monoisotopic (exact) mass is 290 g/mol. The normalized spacial score (nSPS) is 11.1. The van der Waals surface area contributed by atoms with Crippen LogP contribution in [0.25, 0.3) is 0 Å². The second kappa shape index (κ2) is 5.46. The van der Waals surface area contributed by atoms with E-state index < -0.39 is 15.8 Å². The van der Waals surface area contributed by atoms with Gasteiger partial charge in [0.2, 0.25) is 9.84 Å². The molecule has 0 amide bonds. The Labute approximate surface area is 117 Å². The van der Waals surface area contributed by atoms with E-state index in [1.165, 1.54) is 25.3 Å². The molecule has 0 unspecified atom stereocenters. The van der Waals surface area contributed by atoms with E-state index in [9.17, 15) is 13.2 Å². The van der Waals surface area contributed by atoms with Gasteiger partial charge in [-0.1, -0.05) is 18.2 Å². The maximum absolute atomic E-state index is 12.5. The molecule has 0 atom stereocenters. The number of carbonyl (C=O) groups excluding carboxylic acids is 1. The number of esters is 1. The molecule has 5 heteroatoms. The van der Waals surface area contributed by atoms with Crippen molar-refractivity contribution in [2.24, 2.45) is 0 Å². The zero-order valence-corrected chi connectivity index (χ0v) is 12.0. The molecule has 0 saturated heterocycles. The van der Waals surface area contributed by atoms with Crippen LogP contribution in [0.4, 0.5) is 0 Å².